The molecule has 0 unspecified atom stereocenters. The number of hydrogen-bond acceptors (Lipinski definition) is 6. The lowest BCUT2D eigenvalue weighted by Gasteiger charge is -2.33. The summed E-state index contributed by atoms with van der Waals surface area (Å²) in [4.78, 5) is 7.33. The van der Waals surface area contributed by atoms with Crippen LogP contribution in [0.3, 0.4) is 0 Å². The molecule has 0 atom stereocenters. The van der Waals surface area contributed by atoms with Gasteiger partial charge in [-0.1, -0.05) is 11.8 Å². The Morgan fingerprint density at radius 3 is 2.67 bits per heavy atom. The molecule has 0 spiro atoms. The summed E-state index contributed by atoms with van der Waals surface area (Å²) in [5.41, 5.74) is 10.6. The molecule has 5 rings (SSSR count). The monoisotopic (exact) mass is 465 g/mol. The molecule has 4 heterocycles. The molecule has 1 aliphatic rings. The maximum absolute atomic E-state index is 14.3. The number of nitrogens with zero attached hydrogens (tertiary/aromatic N) is 6. The normalized spacial score (nSPS) is 18.9. The van der Waals surface area contributed by atoms with Crippen molar-refractivity contribution >= 4 is 23.0 Å². The van der Waals surface area contributed by atoms with Crippen LogP contribution in [0.25, 0.3) is 16.6 Å². The number of fused-ring (bicyclic) bond motifs is 1. The maximum atomic E-state index is 14.3. The van der Waals surface area contributed by atoms with Crippen molar-refractivity contribution < 1.29 is 4.39 Å². The molecule has 0 bridgehead atoms. The van der Waals surface area contributed by atoms with Crippen LogP contribution in [-0.2, 0) is 0 Å². The van der Waals surface area contributed by atoms with E-state index >= 15 is 0 Å². The number of anilines is 1. The zero-order chi connectivity index (χ0) is 23.1. The third-order valence-corrected chi connectivity index (χ3v) is 7.66. The van der Waals surface area contributed by atoms with Crippen LogP contribution < -0.4 is 5.73 Å². The van der Waals surface area contributed by atoms with Gasteiger partial charge in [-0.15, -0.1) is 0 Å². The summed E-state index contributed by atoms with van der Waals surface area (Å²) in [6.45, 7) is 2.12. The van der Waals surface area contributed by atoms with Crippen molar-refractivity contribution in [2.45, 2.75) is 54.6 Å². The van der Waals surface area contributed by atoms with E-state index in [1.807, 2.05) is 18.5 Å². The Morgan fingerprint density at radius 1 is 1.15 bits per heavy atom. The van der Waals surface area contributed by atoms with Gasteiger partial charge < -0.3 is 10.6 Å². The first-order valence-electron chi connectivity index (χ1n) is 11.2. The van der Waals surface area contributed by atoms with Crippen LogP contribution in [0.5, 0.6) is 0 Å². The van der Waals surface area contributed by atoms with E-state index in [-0.39, 0.29) is 5.82 Å². The largest absolute Gasteiger partial charge is 0.396 e. The first kappa shape index (κ1) is 21.9. The summed E-state index contributed by atoms with van der Waals surface area (Å²) < 4.78 is 18.3. The number of pyridine rings is 2. The molecule has 1 fully saturated rings. The first-order chi connectivity index (χ1) is 15.9. The lowest BCUT2D eigenvalue weighted by Crippen LogP contribution is -2.33. The Kier molecular flexibility index (Phi) is 5.84. The summed E-state index contributed by atoms with van der Waals surface area (Å²) in [5, 5.41) is 9.49. The van der Waals surface area contributed by atoms with Gasteiger partial charge in [-0.25, -0.2) is 13.9 Å². The lowest BCUT2D eigenvalue weighted by atomic mass is 9.90. The summed E-state index contributed by atoms with van der Waals surface area (Å²) in [5.74, 6) is -0.360. The van der Waals surface area contributed by atoms with Crippen molar-refractivity contribution in [3.05, 3.63) is 54.5 Å². The van der Waals surface area contributed by atoms with Gasteiger partial charge >= 0.3 is 0 Å². The first-order valence-corrected chi connectivity index (χ1v) is 12.0. The van der Waals surface area contributed by atoms with E-state index in [2.05, 4.69) is 40.7 Å². The fourth-order valence-corrected chi connectivity index (χ4v) is 5.76. The summed E-state index contributed by atoms with van der Waals surface area (Å²) >= 11 is 1.26. The Balaban J connectivity index is 1.50. The van der Waals surface area contributed by atoms with Crippen LogP contribution in [0.15, 0.2) is 52.9 Å². The SMILES string of the molecule is Cc1c(-c2cc(Sc3ncccc3F)c3c(N)cnn3c2)cnn1C1CCC(N(C)C)CC1. The van der Waals surface area contributed by atoms with E-state index in [1.54, 1.807) is 23.0 Å². The highest BCUT2D eigenvalue weighted by Crippen LogP contribution is 2.38. The molecule has 4 aromatic rings. The molecule has 1 saturated carbocycles. The van der Waals surface area contributed by atoms with Crippen molar-refractivity contribution in [1.29, 1.82) is 0 Å². The van der Waals surface area contributed by atoms with Crippen LogP contribution >= 0.6 is 11.8 Å². The van der Waals surface area contributed by atoms with Gasteiger partial charge in [0.15, 0.2) is 5.82 Å². The molecule has 0 aromatic carbocycles. The zero-order valence-corrected chi connectivity index (χ0v) is 19.9. The van der Waals surface area contributed by atoms with Crippen LogP contribution in [0.4, 0.5) is 10.1 Å². The van der Waals surface area contributed by atoms with E-state index in [1.165, 1.54) is 30.7 Å². The highest BCUT2D eigenvalue weighted by atomic mass is 32.2. The van der Waals surface area contributed by atoms with E-state index in [9.17, 15) is 4.39 Å². The predicted molar refractivity (Wildman–Crippen MR) is 129 cm³/mol. The summed E-state index contributed by atoms with van der Waals surface area (Å²) in [7, 11) is 4.32. The second kappa shape index (κ2) is 8.79. The van der Waals surface area contributed by atoms with Crippen LogP contribution in [0.1, 0.15) is 37.4 Å². The third kappa shape index (κ3) is 4.11. The van der Waals surface area contributed by atoms with Gasteiger partial charge in [0.05, 0.1) is 24.1 Å². The number of halogens is 1. The maximum Gasteiger partial charge on any atom is 0.155 e. The molecular weight excluding hydrogens is 437 g/mol. The van der Waals surface area contributed by atoms with Crippen LogP contribution in [-0.4, -0.2) is 49.4 Å². The standard InChI is InChI=1S/C24H28FN7S/c1-15-19(12-29-32(15)18-8-6-17(7-9-18)30(2)3)16-11-22(23-21(26)13-28-31(23)14-16)33-24-20(25)5-4-10-27-24/h4-5,10-14,17-18H,6-9,26H2,1-3H3. The quantitative estimate of drug-likeness (QED) is 0.455. The van der Waals surface area contributed by atoms with Gasteiger partial charge in [0.1, 0.15) is 10.5 Å². The fourth-order valence-electron chi connectivity index (χ4n) is 4.78. The van der Waals surface area contributed by atoms with Crippen molar-refractivity contribution in [2.24, 2.45) is 0 Å². The topological polar surface area (TPSA) is 77.3 Å². The molecule has 0 radical (unpaired) electrons. The van der Waals surface area contributed by atoms with Gasteiger partial charge in [-0.2, -0.15) is 10.2 Å². The average molecular weight is 466 g/mol. The molecule has 0 saturated heterocycles. The second-order valence-electron chi connectivity index (χ2n) is 8.89. The highest BCUT2D eigenvalue weighted by molar-refractivity contribution is 7.99. The molecule has 2 N–H and O–H groups in total. The molecule has 7 nitrogen and oxygen atoms in total. The average Bonchev–Trinajstić information content (AvgIpc) is 3.38. The Hall–Kier alpha value is -2.91. The van der Waals surface area contributed by atoms with Crippen molar-refractivity contribution in [2.75, 3.05) is 19.8 Å². The number of rotatable bonds is 5. The van der Waals surface area contributed by atoms with Crippen molar-refractivity contribution in [1.82, 2.24) is 29.3 Å². The highest BCUT2D eigenvalue weighted by Gasteiger charge is 2.26. The smallest absolute Gasteiger partial charge is 0.155 e. The fraction of sp³-hybridized carbons (Fsp3) is 0.375. The van der Waals surface area contributed by atoms with Gasteiger partial charge in [-0.3, -0.25) is 4.68 Å². The van der Waals surface area contributed by atoms with Gasteiger partial charge in [0.25, 0.3) is 0 Å². The molecular formula is C24H28FN7S. The van der Waals surface area contributed by atoms with E-state index in [4.69, 9.17) is 10.8 Å². The number of nitrogens with two attached hydrogens (primary N) is 1. The molecule has 33 heavy (non-hydrogen) atoms. The number of aromatic nitrogens is 5. The number of hydrogen-bond donors (Lipinski definition) is 1. The summed E-state index contributed by atoms with van der Waals surface area (Å²) in [6, 6.07) is 6.09. The zero-order valence-electron chi connectivity index (χ0n) is 19.1. The van der Waals surface area contributed by atoms with Crippen molar-refractivity contribution in [3.63, 3.8) is 0 Å². The van der Waals surface area contributed by atoms with E-state index < -0.39 is 0 Å². The summed E-state index contributed by atoms with van der Waals surface area (Å²) in [6.07, 6.45) is 11.7. The van der Waals surface area contributed by atoms with E-state index in [0.29, 0.717) is 22.8 Å². The van der Waals surface area contributed by atoms with Gasteiger partial charge in [0, 0.05) is 40.2 Å². The minimum Gasteiger partial charge on any atom is -0.396 e. The molecule has 0 aliphatic heterocycles. The minimum atomic E-state index is -0.360. The minimum absolute atomic E-state index is 0.308. The Morgan fingerprint density at radius 2 is 1.94 bits per heavy atom. The molecule has 0 amide bonds. The van der Waals surface area contributed by atoms with Crippen molar-refractivity contribution in [3.8, 4) is 11.1 Å². The van der Waals surface area contributed by atoms with Gasteiger partial charge in [-0.05, 0) is 64.9 Å². The molecule has 1 aliphatic carbocycles. The predicted octanol–water partition coefficient (Wildman–Crippen LogP) is 4.82. The van der Waals surface area contributed by atoms with Crippen LogP contribution in [0.2, 0.25) is 0 Å². The van der Waals surface area contributed by atoms with Crippen LogP contribution in [0, 0.1) is 12.7 Å². The lowest BCUT2D eigenvalue weighted by molar-refractivity contribution is 0.188. The molecule has 4 aromatic heterocycles. The van der Waals surface area contributed by atoms with Gasteiger partial charge in [0.2, 0.25) is 0 Å². The van der Waals surface area contributed by atoms with E-state index in [0.717, 1.165) is 40.1 Å². The second-order valence-corrected chi connectivity index (χ2v) is 9.92. The Labute approximate surface area is 196 Å². The Bertz CT molecular complexity index is 1290. The number of nitrogen functional groups attached to an aromatic ring is 1. The molecule has 172 valence electrons. The molecule has 9 heteroatoms. The third-order valence-electron chi connectivity index (χ3n) is 6.63.